The molecule has 1 aliphatic rings. The van der Waals surface area contributed by atoms with Gasteiger partial charge in [-0.15, -0.1) is 11.3 Å². The number of ether oxygens (including phenoxy) is 2. The summed E-state index contributed by atoms with van der Waals surface area (Å²) in [6.07, 6.45) is 0.0889. The van der Waals surface area contributed by atoms with Gasteiger partial charge in [-0.1, -0.05) is 18.2 Å². The smallest absolute Gasteiger partial charge is 0.231 e. The van der Waals surface area contributed by atoms with Gasteiger partial charge in [0.1, 0.15) is 5.75 Å². The van der Waals surface area contributed by atoms with Crippen molar-refractivity contribution in [2.75, 3.05) is 12.1 Å². The van der Waals surface area contributed by atoms with Crippen LogP contribution >= 0.6 is 11.3 Å². The molecule has 4 rings (SSSR count). The second-order valence-corrected chi connectivity index (χ2v) is 6.32. The summed E-state index contributed by atoms with van der Waals surface area (Å²) in [5.41, 5.74) is 2.22. The van der Waals surface area contributed by atoms with E-state index in [-0.39, 0.29) is 24.9 Å². The van der Waals surface area contributed by atoms with E-state index in [9.17, 15) is 9.90 Å². The molecule has 0 unspecified atom stereocenters. The van der Waals surface area contributed by atoms with E-state index in [0.29, 0.717) is 16.4 Å². The molecule has 2 N–H and O–H groups in total. The van der Waals surface area contributed by atoms with Crippen molar-refractivity contribution in [1.29, 1.82) is 0 Å². The zero-order valence-corrected chi connectivity index (χ0v) is 13.9. The second-order valence-electron chi connectivity index (χ2n) is 5.46. The van der Waals surface area contributed by atoms with E-state index >= 15 is 0 Å². The van der Waals surface area contributed by atoms with Gasteiger partial charge in [-0.25, -0.2) is 4.98 Å². The normalized spacial score (nSPS) is 12.2. The first-order chi connectivity index (χ1) is 12.2. The summed E-state index contributed by atoms with van der Waals surface area (Å²) in [5.74, 6) is 1.29. The number of phenols is 1. The van der Waals surface area contributed by atoms with Gasteiger partial charge >= 0.3 is 0 Å². The van der Waals surface area contributed by atoms with Crippen molar-refractivity contribution >= 4 is 22.4 Å². The van der Waals surface area contributed by atoms with Gasteiger partial charge < -0.3 is 19.9 Å². The van der Waals surface area contributed by atoms with Crippen LogP contribution in [0.2, 0.25) is 0 Å². The zero-order chi connectivity index (χ0) is 17.2. The molecule has 0 spiro atoms. The highest BCUT2D eigenvalue weighted by atomic mass is 32.1. The second kappa shape index (κ2) is 6.45. The van der Waals surface area contributed by atoms with E-state index in [0.717, 1.165) is 17.0 Å². The zero-order valence-electron chi connectivity index (χ0n) is 13.1. The molecule has 0 fully saturated rings. The van der Waals surface area contributed by atoms with Crippen LogP contribution in [0.3, 0.4) is 0 Å². The molecule has 1 amide bonds. The van der Waals surface area contributed by atoms with E-state index in [4.69, 9.17) is 9.47 Å². The van der Waals surface area contributed by atoms with Gasteiger partial charge in [-0.2, -0.15) is 0 Å². The number of phenolic OH excluding ortho intramolecular Hbond substituents is 1. The predicted octanol–water partition coefficient (Wildman–Crippen LogP) is 3.43. The van der Waals surface area contributed by atoms with Gasteiger partial charge in [-0.3, -0.25) is 4.79 Å². The minimum Gasteiger partial charge on any atom is -0.508 e. The molecule has 2 aromatic carbocycles. The number of para-hydroxylation sites is 1. The molecular formula is C18H14N2O4S. The van der Waals surface area contributed by atoms with Crippen molar-refractivity contribution in [3.63, 3.8) is 0 Å². The van der Waals surface area contributed by atoms with Gasteiger partial charge in [-0.05, 0) is 24.3 Å². The van der Waals surface area contributed by atoms with Crippen LogP contribution in [-0.2, 0) is 11.2 Å². The van der Waals surface area contributed by atoms with Crippen LogP contribution in [0.5, 0.6) is 17.2 Å². The summed E-state index contributed by atoms with van der Waals surface area (Å²) < 4.78 is 10.7. The number of nitrogens with one attached hydrogen (secondary N) is 1. The van der Waals surface area contributed by atoms with Crippen LogP contribution in [0.15, 0.2) is 47.8 Å². The molecule has 126 valence electrons. The lowest BCUT2D eigenvalue weighted by Gasteiger charge is -2.04. The fourth-order valence-corrected chi connectivity index (χ4v) is 3.25. The Morgan fingerprint density at radius 1 is 1.20 bits per heavy atom. The van der Waals surface area contributed by atoms with Crippen molar-refractivity contribution in [3.05, 3.63) is 53.4 Å². The van der Waals surface area contributed by atoms with Crippen molar-refractivity contribution in [2.24, 2.45) is 0 Å². The third kappa shape index (κ3) is 3.27. The van der Waals surface area contributed by atoms with Crippen molar-refractivity contribution < 1.29 is 19.4 Å². The number of anilines is 1. The van der Waals surface area contributed by atoms with Crippen LogP contribution in [0, 0.1) is 0 Å². The molecule has 2 heterocycles. The minimum absolute atomic E-state index is 0.0889. The van der Waals surface area contributed by atoms with E-state index in [2.05, 4.69) is 10.3 Å². The molecule has 3 aromatic rings. The molecule has 6 nitrogen and oxygen atoms in total. The first kappa shape index (κ1) is 15.5. The molecule has 7 heteroatoms. The van der Waals surface area contributed by atoms with Crippen LogP contribution < -0.4 is 14.8 Å². The van der Waals surface area contributed by atoms with Crippen molar-refractivity contribution in [3.8, 4) is 28.5 Å². The van der Waals surface area contributed by atoms with Crippen LogP contribution in [0.1, 0.15) is 5.56 Å². The number of thiazole rings is 1. The molecule has 0 saturated heterocycles. The Labute approximate surface area is 147 Å². The molecule has 0 atom stereocenters. The summed E-state index contributed by atoms with van der Waals surface area (Å²) in [4.78, 5) is 16.6. The average Bonchev–Trinajstić information content (AvgIpc) is 3.25. The number of aromatic hydroxyl groups is 1. The lowest BCUT2D eigenvalue weighted by atomic mass is 10.1. The number of hydrogen-bond acceptors (Lipinski definition) is 6. The minimum atomic E-state index is -0.229. The Kier molecular flexibility index (Phi) is 3.99. The number of aromatic nitrogens is 1. The number of amides is 1. The Morgan fingerprint density at radius 3 is 2.92 bits per heavy atom. The van der Waals surface area contributed by atoms with Gasteiger partial charge in [0.25, 0.3) is 0 Å². The maximum atomic E-state index is 12.1. The molecule has 0 bridgehead atoms. The number of hydrogen-bond donors (Lipinski definition) is 2. The fourth-order valence-electron chi connectivity index (χ4n) is 2.52. The summed E-state index contributed by atoms with van der Waals surface area (Å²) in [6, 6.07) is 12.4. The fraction of sp³-hybridized carbons (Fsp3) is 0.111. The Hall–Kier alpha value is -3.06. The number of carbonyl (C=O) groups excluding carboxylic acids is 1. The van der Waals surface area contributed by atoms with E-state index in [1.165, 1.54) is 11.3 Å². The molecule has 0 radical (unpaired) electrons. The number of nitrogens with zero attached hydrogens (tertiary/aromatic N) is 1. The largest absolute Gasteiger partial charge is 0.508 e. The topological polar surface area (TPSA) is 80.7 Å². The van der Waals surface area contributed by atoms with E-state index in [1.54, 1.807) is 24.3 Å². The molecular weight excluding hydrogens is 340 g/mol. The Bertz CT molecular complexity index is 938. The van der Waals surface area contributed by atoms with Crippen molar-refractivity contribution in [2.45, 2.75) is 6.42 Å². The van der Waals surface area contributed by atoms with Gasteiger partial charge in [0.2, 0.25) is 12.7 Å². The predicted molar refractivity (Wildman–Crippen MR) is 94.1 cm³/mol. The third-order valence-corrected chi connectivity index (χ3v) is 4.52. The maximum Gasteiger partial charge on any atom is 0.231 e. The first-order valence-electron chi connectivity index (χ1n) is 7.61. The standard InChI is InChI=1S/C18H14N2O4S/c21-14-4-2-1-3-12(14)8-17(22)20-18-19-13(9-25-18)11-5-6-15-16(7-11)24-10-23-15/h1-7,9,21H,8,10H2,(H,19,20,22). The average molecular weight is 354 g/mol. The van der Waals surface area contributed by atoms with Crippen LogP contribution in [0.4, 0.5) is 5.13 Å². The number of rotatable bonds is 4. The summed E-state index contributed by atoms with van der Waals surface area (Å²) in [7, 11) is 0. The maximum absolute atomic E-state index is 12.1. The Morgan fingerprint density at radius 2 is 2.04 bits per heavy atom. The SMILES string of the molecule is O=C(Cc1ccccc1O)Nc1nc(-c2ccc3c(c2)OCO3)cs1. The third-order valence-electron chi connectivity index (χ3n) is 3.76. The van der Waals surface area contributed by atoms with Crippen LogP contribution in [-0.4, -0.2) is 22.8 Å². The quantitative estimate of drug-likeness (QED) is 0.750. The number of fused-ring (bicyclic) bond motifs is 1. The summed E-state index contributed by atoms with van der Waals surface area (Å²) in [5, 5.41) is 14.9. The highest BCUT2D eigenvalue weighted by Crippen LogP contribution is 2.36. The van der Waals surface area contributed by atoms with Gasteiger partial charge in [0.15, 0.2) is 16.6 Å². The van der Waals surface area contributed by atoms with E-state index < -0.39 is 0 Å². The molecule has 1 aliphatic heterocycles. The summed E-state index contributed by atoms with van der Waals surface area (Å²) >= 11 is 1.34. The molecule has 1 aromatic heterocycles. The van der Waals surface area contributed by atoms with Gasteiger partial charge in [0, 0.05) is 16.5 Å². The molecule has 25 heavy (non-hydrogen) atoms. The van der Waals surface area contributed by atoms with Crippen LogP contribution in [0.25, 0.3) is 11.3 Å². The molecule has 0 saturated carbocycles. The van der Waals surface area contributed by atoms with E-state index in [1.807, 2.05) is 23.6 Å². The highest BCUT2D eigenvalue weighted by molar-refractivity contribution is 7.14. The van der Waals surface area contributed by atoms with Crippen molar-refractivity contribution in [1.82, 2.24) is 4.98 Å². The summed E-state index contributed by atoms with van der Waals surface area (Å²) in [6.45, 7) is 0.226. The number of benzene rings is 2. The Balaban J connectivity index is 1.46. The number of carbonyl (C=O) groups is 1. The molecule has 0 aliphatic carbocycles. The lowest BCUT2D eigenvalue weighted by molar-refractivity contribution is -0.115. The lowest BCUT2D eigenvalue weighted by Crippen LogP contribution is -2.14. The monoisotopic (exact) mass is 354 g/mol. The highest BCUT2D eigenvalue weighted by Gasteiger charge is 2.16. The first-order valence-corrected chi connectivity index (χ1v) is 8.49. The van der Waals surface area contributed by atoms with Gasteiger partial charge in [0.05, 0.1) is 12.1 Å².